The van der Waals surface area contributed by atoms with Crippen LogP contribution in [0.4, 0.5) is 5.69 Å². The molecule has 0 saturated heterocycles. The summed E-state index contributed by atoms with van der Waals surface area (Å²) in [7, 11) is 0. The van der Waals surface area contributed by atoms with E-state index in [1.165, 1.54) is 0 Å². The van der Waals surface area contributed by atoms with Gasteiger partial charge in [-0.3, -0.25) is 0 Å². The molecule has 0 spiro atoms. The van der Waals surface area contributed by atoms with E-state index in [1.54, 1.807) is 0 Å². The van der Waals surface area contributed by atoms with Crippen molar-refractivity contribution in [2.75, 3.05) is 4.90 Å². The Morgan fingerprint density at radius 3 is 2.77 bits per heavy atom. The minimum atomic E-state index is 0.0425. The van der Waals surface area contributed by atoms with Crippen LogP contribution in [0, 0.1) is 13.8 Å². The minimum Gasteiger partial charge on any atom is -0.392 e. The van der Waals surface area contributed by atoms with Crippen molar-refractivity contribution in [1.29, 1.82) is 0 Å². The first-order valence-electron chi connectivity index (χ1n) is 8.55. The van der Waals surface area contributed by atoms with Crippen LogP contribution in [0.5, 0.6) is 0 Å². The zero-order chi connectivity index (χ0) is 18.3. The number of fused-ring (bicyclic) bond motifs is 1. The quantitative estimate of drug-likeness (QED) is 0.727. The molecule has 3 aromatic rings. The first kappa shape index (κ1) is 16.9. The second-order valence-corrected chi connectivity index (χ2v) is 6.96. The molecular formula is C21H20ClN3O. The Morgan fingerprint density at radius 2 is 2.00 bits per heavy atom. The molecule has 1 aliphatic rings. The molecule has 1 N–H and O–H groups in total. The molecule has 0 amide bonds. The lowest BCUT2D eigenvalue weighted by molar-refractivity contribution is 0.282. The SMILES string of the molecule is Cc1cc(-c2nc3n(c2C)CN(c2cccc(CO)c2)C=C3)ccc1Cl. The molecule has 1 aliphatic heterocycles. The summed E-state index contributed by atoms with van der Waals surface area (Å²) in [6.07, 6.45) is 4.06. The van der Waals surface area contributed by atoms with Gasteiger partial charge in [0.15, 0.2) is 0 Å². The summed E-state index contributed by atoms with van der Waals surface area (Å²) in [4.78, 5) is 6.97. The molecule has 2 aromatic carbocycles. The van der Waals surface area contributed by atoms with Crippen LogP contribution in [0.25, 0.3) is 17.3 Å². The molecular weight excluding hydrogens is 346 g/mol. The van der Waals surface area contributed by atoms with E-state index in [4.69, 9.17) is 16.6 Å². The van der Waals surface area contributed by atoms with Crippen molar-refractivity contribution in [3.05, 3.63) is 76.3 Å². The highest BCUT2D eigenvalue weighted by molar-refractivity contribution is 6.31. The van der Waals surface area contributed by atoms with Crippen LogP contribution in [0.15, 0.2) is 48.7 Å². The van der Waals surface area contributed by atoms with Crippen molar-refractivity contribution in [1.82, 2.24) is 9.55 Å². The van der Waals surface area contributed by atoms with E-state index >= 15 is 0 Å². The molecule has 0 aliphatic carbocycles. The lowest BCUT2D eigenvalue weighted by Gasteiger charge is -2.26. The summed E-state index contributed by atoms with van der Waals surface area (Å²) >= 11 is 6.16. The molecule has 5 heteroatoms. The molecule has 4 nitrogen and oxygen atoms in total. The third-order valence-corrected chi connectivity index (χ3v) is 5.23. The van der Waals surface area contributed by atoms with E-state index in [1.807, 2.05) is 55.6 Å². The Balaban J connectivity index is 1.69. The minimum absolute atomic E-state index is 0.0425. The van der Waals surface area contributed by atoms with Gasteiger partial charge in [-0.1, -0.05) is 29.8 Å². The number of aliphatic hydroxyl groups is 1. The van der Waals surface area contributed by atoms with Gasteiger partial charge in [-0.05, 0) is 55.3 Å². The molecule has 0 bridgehead atoms. The van der Waals surface area contributed by atoms with Gasteiger partial charge >= 0.3 is 0 Å². The topological polar surface area (TPSA) is 41.3 Å². The monoisotopic (exact) mass is 365 g/mol. The van der Waals surface area contributed by atoms with Crippen molar-refractivity contribution >= 4 is 23.4 Å². The zero-order valence-electron chi connectivity index (χ0n) is 14.8. The summed E-state index contributed by atoms with van der Waals surface area (Å²) in [6, 6.07) is 14.0. The highest BCUT2D eigenvalue weighted by Crippen LogP contribution is 2.30. The predicted molar refractivity (Wildman–Crippen MR) is 106 cm³/mol. The van der Waals surface area contributed by atoms with E-state index in [0.717, 1.165) is 44.6 Å². The molecule has 1 aromatic heterocycles. The normalized spacial score (nSPS) is 13.2. The first-order valence-corrected chi connectivity index (χ1v) is 8.93. The number of rotatable bonds is 3. The Bertz CT molecular complexity index is 1010. The second-order valence-electron chi connectivity index (χ2n) is 6.55. The van der Waals surface area contributed by atoms with Crippen molar-refractivity contribution < 1.29 is 5.11 Å². The lowest BCUT2D eigenvalue weighted by atomic mass is 10.1. The maximum absolute atomic E-state index is 9.37. The van der Waals surface area contributed by atoms with Gasteiger partial charge in [0.1, 0.15) is 12.5 Å². The van der Waals surface area contributed by atoms with Crippen molar-refractivity contribution in [3.8, 4) is 11.3 Å². The van der Waals surface area contributed by atoms with Crippen molar-refractivity contribution in [3.63, 3.8) is 0 Å². The largest absolute Gasteiger partial charge is 0.392 e. The van der Waals surface area contributed by atoms with Crippen LogP contribution in [-0.2, 0) is 13.3 Å². The molecule has 132 valence electrons. The van der Waals surface area contributed by atoms with Gasteiger partial charge in [-0.25, -0.2) is 4.98 Å². The van der Waals surface area contributed by atoms with Gasteiger partial charge in [0.25, 0.3) is 0 Å². The van der Waals surface area contributed by atoms with E-state index in [9.17, 15) is 5.11 Å². The summed E-state index contributed by atoms with van der Waals surface area (Å²) in [5, 5.41) is 10.1. The fourth-order valence-corrected chi connectivity index (χ4v) is 3.40. The maximum Gasteiger partial charge on any atom is 0.136 e. The standard InChI is InChI=1S/C21H20ClN3O/c1-14-10-17(6-7-19(14)22)21-15(2)25-13-24(9-8-20(25)23-21)18-5-3-4-16(11-18)12-26/h3-11,26H,12-13H2,1-2H3. The molecule has 26 heavy (non-hydrogen) atoms. The highest BCUT2D eigenvalue weighted by Gasteiger charge is 2.19. The van der Waals surface area contributed by atoms with Gasteiger partial charge in [0.2, 0.25) is 0 Å². The summed E-state index contributed by atoms with van der Waals surface area (Å²) in [6.45, 7) is 4.83. The highest BCUT2D eigenvalue weighted by atomic mass is 35.5. The Labute approximate surface area is 158 Å². The second kappa shape index (κ2) is 6.63. The van der Waals surface area contributed by atoms with Crippen LogP contribution in [-0.4, -0.2) is 14.7 Å². The predicted octanol–water partition coefficient (Wildman–Crippen LogP) is 4.76. The van der Waals surface area contributed by atoms with E-state index in [0.29, 0.717) is 6.67 Å². The number of halogens is 1. The van der Waals surface area contributed by atoms with Crippen LogP contribution in [0.3, 0.4) is 0 Å². The third kappa shape index (κ3) is 2.91. The van der Waals surface area contributed by atoms with Gasteiger partial charge in [-0.2, -0.15) is 0 Å². The average Bonchev–Trinajstić information content (AvgIpc) is 3.00. The van der Waals surface area contributed by atoms with Crippen LogP contribution in [0.1, 0.15) is 22.6 Å². The molecule has 0 atom stereocenters. The summed E-state index contributed by atoms with van der Waals surface area (Å²) in [5.41, 5.74) is 6.18. The van der Waals surface area contributed by atoms with E-state index in [2.05, 4.69) is 22.5 Å². The number of benzene rings is 2. The van der Waals surface area contributed by atoms with Crippen LogP contribution in [0.2, 0.25) is 5.02 Å². The maximum atomic E-state index is 9.37. The zero-order valence-corrected chi connectivity index (χ0v) is 15.5. The number of aromatic nitrogens is 2. The van der Waals surface area contributed by atoms with Crippen molar-refractivity contribution in [2.24, 2.45) is 0 Å². The molecule has 2 heterocycles. The molecule has 0 saturated carbocycles. The summed E-state index contributed by atoms with van der Waals surface area (Å²) in [5.74, 6) is 0.944. The number of imidazole rings is 1. The number of aliphatic hydroxyl groups excluding tert-OH is 1. The molecule has 0 fully saturated rings. The average molecular weight is 366 g/mol. The smallest absolute Gasteiger partial charge is 0.136 e. The van der Waals surface area contributed by atoms with E-state index < -0.39 is 0 Å². The number of nitrogens with zero attached hydrogens (tertiary/aromatic N) is 3. The fourth-order valence-electron chi connectivity index (χ4n) is 3.28. The van der Waals surface area contributed by atoms with Gasteiger partial charge in [-0.15, -0.1) is 0 Å². The number of hydrogen-bond donors (Lipinski definition) is 1. The molecule has 0 unspecified atom stereocenters. The van der Waals surface area contributed by atoms with Crippen LogP contribution < -0.4 is 4.90 Å². The van der Waals surface area contributed by atoms with Crippen molar-refractivity contribution in [2.45, 2.75) is 27.1 Å². The Morgan fingerprint density at radius 1 is 1.15 bits per heavy atom. The third-order valence-electron chi connectivity index (χ3n) is 4.80. The number of anilines is 1. The number of hydrogen-bond acceptors (Lipinski definition) is 3. The molecule has 0 radical (unpaired) electrons. The number of aryl methyl sites for hydroxylation is 1. The van der Waals surface area contributed by atoms with Gasteiger partial charge in [0.05, 0.1) is 12.3 Å². The molecule has 4 rings (SSSR count). The first-order chi connectivity index (χ1) is 12.6. The lowest BCUT2D eigenvalue weighted by Crippen LogP contribution is -2.25. The Hall–Kier alpha value is -2.56. The van der Waals surface area contributed by atoms with Gasteiger partial charge < -0.3 is 14.6 Å². The van der Waals surface area contributed by atoms with E-state index in [-0.39, 0.29) is 6.61 Å². The van der Waals surface area contributed by atoms with Crippen LogP contribution >= 0.6 is 11.6 Å². The fraction of sp³-hybridized carbons (Fsp3) is 0.190. The van der Waals surface area contributed by atoms with Gasteiger partial charge in [0, 0.05) is 28.2 Å². The summed E-state index contributed by atoms with van der Waals surface area (Å²) < 4.78 is 2.20. The Kier molecular flexibility index (Phi) is 4.31.